The zero-order chi connectivity index (χ0) is 16.8. The van der Waals surface area contributed by atoms with E-state index in [2.05, 4.69) is 94.7 Å². The summed E-state index contributed by atoms with van der Waals surface area (Å²) in [5.74, 6) is 0. The minimum Gasteiger partial charge on any atom is -0.346 e. The molecule has 1 unspecified atom stereocenters. The van der Waals surface area contributed by atoms with Crippen LogP contribution in [0.1, 0.15) is 5.56 Å². The maximum atomic E-state index is 4.64. The monoisotopic (exact) mass is 334 g/mol. The van der Waals surface area contributed by atoms with Crippen molar-refractivity contribution in [1.29, 1.82) is 0 Å². The number of fused-ring (bicyclic) bond motifs is 1. The highest BCUT2D eigenvalue weighted by Gasteiger charge is 2.19. The predicted molar refractivity (Wildman–Crippen MR) is 104 cm³/mol. The van der Waals surface area contributed by atoms with Crippen molar-refractivity contribution < 1.29 is 0 Å². The fraction of sp³-hybridized carbons (Fsp3) is 0.0952. The molecular weight excluding hydrogens is 316 g/mol. The number of allylic oxidation sites excluding steroid dienone is 2. The van der Waals surface area contributed by atoms with Gasteiger partial charge in [-0.3, -0.25) is 4.99 Å². The second kappa shape index (κ2) is 7.80. The molecule has 1 atom stereocenters. The van der Waals surface area contributed by atoms with Crippen LogP contribution in [0.3, 0.4) is 0 Å². The summed E-state index contributed by atoms with van der Waals surface area (Å²) in [5, 5.41) is 3.32. The molecule has 3 heteroatoms. The Morgan fingerprint density at radius 3 is 2.46 bits per heavy atom. The van der Waals surface area contributed by atoms with Gasteiger partial charge in [0, 0.05) is 12.0 Å². The zero-order valence-corrected chi connectivity index (χ0v) is 14.2. The van der Waals surface area contributed by atoms with Gasteiger partial charge in [0.1, 0.15) is 0 Å². The summed E-state index contributed by atoms with van der Waals surface area (Å²) in [4.78, 5) is 4.48. The lowest BCUT2D eigenvalue weighted by molar-refractivity contribution is 0.939. The quantitative estimate of drug-likeness (QED) is 0.764. The van der Waals surface area contributed by atoms with Crippen molar-refractivity contribution in [3.8, 4) is 11.1 Å². The minimum absolute atomic E-state index is 0.127. The van der Waals surface area contributed by atoms with E-state index in [9.17, 15) is 0 Å². The van der Waals surface area contributed by atoms with Crippen molar-refractivity contribution in [3.63, 3.8) is 0 Å². The molecule has 2 aliphatic rings. The van der Waals surface area contributed by atoms with E-state index < -0.39 is 0 Å². The van der Waals surface area contributed by atoms with Crippen LogP contribution in [-0.4, -0.2) is 18.8 Å². The van der Waals surface area contributed by atoms with Crippen molar-refractivity contribution in [2.24, 2.45) is 4.99 Å². The van der Waals surface area contributed by atoms with Crippen molar-refractivity contribution >= 4 is 23.6 Å². The van der Waals surface area contributed by atoms with Crippen LogP contribution < -0.4 is 5.32 Å². The molecule has 0 radical (unpaired) electrons. The number of hydrogen-bond acceptors (Lipinski definition) is 2. The van der Waals surface area contributed by atoms with Crippen LogP contribution in [0.4, 0.5) is 0 Å². The second-order valence-corrected chi connectivity index (χ2v) is 5.39. The third kappa shape index (κ3) is 3.34. The fourth-order valence-electron chi connectivity index (χ4n) is 2.89. The molecule has 0 spiro atoms. The van der Waals surface area contributed by atoms with Crippen LogP contribution in [0.15, 0.2) is 89.5 Å². The maximum Gasteiger partial charge on any atom is 0.0971 e. The Morgan fingerprint density at radius 1 is 0.875 bits per heavy atom. The number of halogens is 1. The van der Waals surface area contributed by atoms with Crippen LogP contribution in [-0.2, 0) is 0 Å². The number of rotatable bonds is 2. The third-order valence-electron chi connectivity index (χ3n) is 3.99. The van der Waals surface area contributed by atoms with Gasteiger partial charge >= 0.3 is 0 Å². The van der Waals surface area contributed by atoms with E-state index in [1.54, 1.807) is 6.34 Å². The summed E-state index contributed by atoms with van der Waals surface area (Å²) in [7, 11) is 0. The lowest BCUT2D eigenvalue weighted by Crippen LogP contribution is -2.23. The molecule has 4 rings (SSSR count). The molecule has 0 fully saturated rings. The van der Waals surface area contributed by atoms with Crippen LogP contribution in [0.5, 0.6) is 0 Å². The second-order valence-electron chi connectivity index (χ2n) is 5.39. The topological polar surface area (TPSA) is 24.4 Å². The smallest absolute Gasteiger partial charge is 0.0971 e. The lowest BCUT2D eigenvalue weighted by atomic mass is 9.94. The Labute approximate surface area is 147 Å². The Bertz CT molecular complexity index is 817. The van der Waals surface area contributed by atoms with Crippen molar-refractivity contribution in [3.05, 3.63) is 90.0 Å². The average molecular weight is 335 g/mol. The molecule has 0 amide bonds. The van der Waals surface area contributed by atoms with Crippen molar-refractivity contribution in [2.75, 3.05) is 6.38 Å². The van der Waals surface area contributed by atoms with Gasteiger partial charge in [0.25, 0.3) is 0 Å². The van der Waals surface area contributed by atoms with E-state index in [0.717, 1.165) is 5.70 Å². The number of aliphatic imine (C=N–C) groups is 1. The molecule has 1 aliphatic carbocycles. The van der Waals surface area contributed by atoms with Crippen LogP contribution in [0, 0.1) is 0 Å². The molecule has 1 heterocycles. The van der Waals surface area contributed by atoms with Gasteiger partial charge in [0.05, 0.1) is 18.1 Å². The molecule has 1 N–H and O–H groups in total. The van der Waals surface area contributed by atoms with Gasteiger partial charge in [-0.15, -0.1) is 11.6 Å². The van der Waals surface area contributed by atoms with Gasteiger partial charge < -0.3 is 5.32 Å². The van der Waals surface area contributed by atoms with E-state index in [0.29, 0.717) is 0 Å². The highest BCUT2D eigenvalue weighted by molar-refractivity contribution is 6.15. The van der Waals surface area contributed by atoms with Crippen LogP contribution in [0.25, 0.3) is 16.8 Å². The Kier molecular flexibility index (Phi) is 5.29. The first-order chi connectivity index (χ1) is 11.9. The third-order valence-corrected chi connectivity index (χ3v) is 3.99. The minimum atomic E-state index is 0.127. The largest absolute Gasteiger partial charge is 0.346 e. The zero-order valence-electron chi connectivity index (χ0n) is 13.5. The van der Waals surface area contributed by atoms with E-state index in [1.165, 1.54) is 28.6 Å². The van der Waals surface area contributed by atoms with Crippen LogP contribution >= 0.6 is 11.6 Å². The molecule has 0 saturated heterocycles. The number of hydrogen-bond donors (Lipinski definition) is 1. The number of alkyl halides is 1. The summed E-state index contributed by atoms with van der Waals surface area (Å²) in [6, 6.07) is 19.2. The summed E-state index contributed by atoms with van der Waals surface area (Å²) in [6.07, 6.45) is 11.6. The molecule has 0 saturated carbocycles. The Hall–Kier alpha value is -2.58. The van der Waals surface area contributed by atoms with Crippen molar-refractivity contribution in [1.82, 2.24) is 5.32 Å². The molecule has 120 valence electrons. The fourth-order valence-corrected chi connectivity index (χ4v) is 2.89. The summed E-state index contributed by atoms with van der Waals surface area (Å²) < 4.78 is 0. The highest BCUT2D eigenvalue weighted by Crippen LogP contribution is 2.29. The summed E-state index contributed by atoms with van der Waals surface area (Å²) in [5.41, 5.74) is 6.00. The summed E-state index contributed by atoms with van der Waals surface area (Å²) >= 11 is 4.64. The van der Waals surface area contributed by atoms with Crippen molar-refractivity contribution in [2.45, 2.75) is 6.04 Å². The molecule has 2 aromatic carbocycles. The summed E-state index contributed by atoms with van der Waals surface area (Å²) in [6.45, 7) is 0. The van der Waals surface area contributed by atoms with Gasteiger partial charge in [-0.25, -0.2) is 0 Å². The van der Waals surface area contributed by atoms with E-state index in [-0.39, 0.29) is 6.04 Å². The Morgan fingerprint density at radius 2 is 1.62 bits per heavy atom. The standard InChI is InChI=1S/C20H16N2.CH3Cl/c1-2-7-15(8-3-1)16-9-6-10-17(13-16)20-18-11-4-5-12-19(18)21-14-22-20;1-2/h1-14,19H,(H,21,22);1H3. The van der Waals surface area contributed by atoms with Gasteiger partial charge in [0.15, 0.2) is 0 Å². The molecule has 0 bridgehead atoms. The van der Waals surface area contributed by atoms with Gasteiger partial charge in [-0.05, 0) is 22.8 Å². The number of benzene rings is 2. The van der Waals surface area contributed by atoms with Gasteiger partial charge in [0.2, 0.25) is 0 Å². The van der Waals surface area contributed by atoms with E-state index in [4.69, 9.17) is 0 Å². The molecule has 0 aromatic heterocycles. The van der Waals surface area contributed by atoms with Crippen LogP contribution in [0.2, 0.25) is 0 Å². The molecular formula is C21H19ClN2. The molecule has 1 aliphatic heterocycles. The number of nitrogens with one attached hydrogen (secondary N) is 1. The average Bonchev–Trinajstić information content (AvgIpc) is 2.70. The first-order valence-corrected chi connectivity index (χ1v) is 8.58. The lowest BCUT2D eigenvalue weighted by Gasteiger charge is -2.23. The SMILES string of the molecule is C1=CC2=C(c3cccc(-c4ccccc4)c3)NC=NC2C=C1.CCl. The number of nitrogens with zero attached hydrogens (tertiary/aromatic N) is 1. The molecule has 24 heavy (non-hydrogen) atoms. The molecule has 2 nitrogen and oxygen atoms in total. The highest BCUT2D eigenvalue weighted by atomic mass is 35.5. The van der Waals surface area contributed by atoms with E-state index in [1.807, 2.05) is 6.07 Å². The molecule has 2 aromatic rings. The Balaban J connectivity index is 0.000000815. The van der Waals surface area contributed by atoms with Gasteiger partial charge in [-0.2, -0.15) is 0 Å². The van der Waals surface area contributed by atoms with Gasteiger partial charge in [-0.1, -0.05) is 72.8 Å². The maximum absolute atomic E-state index is 4.64. The van der Waals surface area contributed by atoms with E-state index >= 15 is 0 Å². The first-order valence-electron chi connectivity index (χ1n) is 7.83. The predicted octanol–water partition coefficient (Wildman–Crippen LogP) is 5.05. The first kappa shape index (κ1) is 16.3. The normalized spacial score (nSPS) is 17.7.